The van der Waals surface area contributed by atoms with Gasteiger partial charge in [-0.15, -0.1) is 10.2 Å². The molecule has 0 aliphatic rings. The second-order valence-corrected chi connectivity index (χ2v) is 6.68. The summed E-state index contributed by atoms with van der Waals surface area (Å²) < 4.78 is 11.2. The van der Waals surface area contributed by atoms with Crippen LogP contribution in [0.15, 0.2) is 79.9 Å². The summed E-state index contributed by atoms with van der Waals surface area (Å²) in [5.41, 5.74) is 1.76. The Bertz CT molecular complexity index is 848. The van der Waals surface area contributed by atoms with Crippen molar-refractivity contribution in [1.29, 1.82) is 0 Å². The summed E-state index contributed by atoms with van der Waals surface area (Å²) in [5, 5.41) is 16.9. The number of aromatic nitrogens is 4. The van der Waals surface area contributed by atoms with Crippen molar-refractivity contribution >= 4 is 21.6 Å². The second kappa shape index (κ2) is 6.90. The van der Waals surface area contributed by atoms with Crippen molar-refractivity contribution in [2.24, 2.45) is 0 Å². The molecule has 0 N–H and O–H groups in total. The van der Waals surface area contributed by atoms with E-state index in [1.54, 1.807) is 0 Å². The Morgan fingerprint density at radius 1 is 0.542 bits per heavy atom. The smallest absolute Gasteiger partial charge is 0.288 e. The van der Waals surface area contributed by atoms with Crippen LogP contribution < -0.4 is 0 Å². The molecule has 0 unspecified atom stereocenters. The maximum absolute atomic E-state index is 5.61. The van der Waals surface area contributed by atoms with E-state index in [2.05, 4.69) is 20.4 Å². The number of rotatable bonds is 5. The molecular weight excluding hydrogens is 344 g/mol. The molecule has 6 nitrogen and oxygen atoms in total. The van der Waals surface area contributed by atoms with E-state index >= 15 is 0 Å². The zero-order chi connectivity index (χ0) is 16.2. The van der Waals surface area contributed by atoms with Gasteiger partial charge in [0.2, 0.25) is 11.8 Å². The van der Waals surface area contributed by atoms with Crippen LogP contribution in [0.4, 0.5) is 0 Å². The third kappa shape index (κ3) is 3.34. The summed E-state index contributed by atoms with van der Waals surface area (Å²) in [7, 11) is 2.56. The third-order valence-electron chi connectivity index (χ3n) is 3.04. The van der Waals surface area contributed by atoms with Crippen molar-refractivity contribution in [3.63, 3.8) is 0 Å². The molecule has 2 heterocycles. The molecule has 0 aliphatic heterocycles. The van der Waals surface area contributed by atoms with Crippen LogP contribution >= 0.6 is 21.6 Å². The van der Waals surface area contributed by atoms with Crippen LogP contribution in [0.3, 0.4) is 0 Å². The van der Waals surface area contributed by atoms with Gasteiger partial charge >= 0.3 is 0 Å². The van der Waals surface area contributed by atoms with Crippen molar-refractivity contribution in [3.05, 3.63) is 60.7 Å². The quantitative estimate of drug-likeness (QED) is 0.482. The standard InChI is InChI=1S/C16H10N4O2S2/c1-3-7-11(8-4-1)13-17-19-15(21-13)23-24-16-20-18-14(22-16)12-9-5-2-6-10-12/h1-10H. The molecule has 0 amide bonds. The maximum atomic E-state index is 5.61. The topological polar surface area (TPSA) is 77.8 Å². The average molecular weight is 354 g/mol. The molecule has 4 aromatic rings. The molecule has 0 atom stereocenters. The molecular formula is C16H10N4O2S2. The van der Waals surface area contributed by atoms with Crippen molar-refractivity contribution in [3.8, 4) is 22.9 Å². The Kier molecular flexibility index (Phi) is 4.30. The first-order valence-corrected chi connectivity index (χ1v) is 9.16. The lowest BCUT2D eigenvalue weighted by atomic mass is 10.2. The van der Waals surface area contributed by atoms with Gasteiger partial charge in [0.05, 0.1) is 0 Å². The van der Waals surface area contributed by atoms with Crippen molar-refractivity contribution in [2.75, 3.05) is 0 Å². The largest absolute Gasteiger partial charge is 0.411 e. The minimum absolute atomic E-state index is 0.429. The van der Waals surface area contributed by atoms with Gasteiger partial charge in [0, 0.05) is 32.7 Å². The van der Waals surface area contributed by atoms with Crippen LogP contribution in [-0.2, 0) is 0 Å². The van der Waals surface area contributed by atoms with E-state index in [9.17, 15) is 0 Å². The Balaban J connectivity index is 1.43. The highest BCUT2D eigenvalue weighted by Gasteiger charge is 2.13. The first-order valence-electron chi connectivity index (χ1n) is 7.01. The first kappa shape index (κ1) is 15.0. The molecule has 0 spiro atoms. The molecule has 0 fully saturated rings. The highest BCUT2D eigenvalue weighted by atomic mass is 33.1. The number of nitrogens with zero attached hydrogens (tertiary/aromatic N) is 4. The van der Waals surface area contributed by atoms with Gasteiger partial charge in [0.1, 0.15) is 0 Å². The molecule has 8 heteroatoms. The Morgan fingerprint density at radius 2 is 0.958 bits per heavy atom. The summed E-state index contributed by atoms with van der Waals surface area (Å²) >= 11 is 0. The van der Waals surface area contributed by atoms with Gasteiger partial charge < -0.3 is 8.83 Å². The molecule has 24 heavy (non-hydrogen) atoms. The first-order chi connectivity index (χ1) is 11.9. The summed E-state index contributed by atoms with van der Waals surface area (Å²) in [6.45, 7) is 0. The van der Waals surface area contributed by atoms with Gasteiger partial charge in [-0.1, -0.05) is 46.6 Å². The van der Waals surface area contributed by atoms with Crippen molar-refractivity contribution in [1.82, 2.24) is 20.4 Å². The van der Waals surface area contributed by atoms with Crippen LogP contribution in [-0.4, -0.2) is 20.4 Å². The minimum atomic E-state index is 0.429. The number of benzene rings is 2. The summed E-state index contributed by atoms with van der Waals surface area (Å²) in [6, 6.07) is 19.2. The van der Waals surface area contributed by atoms with E-state index in [0.29, 0.717) is 22.2 Å². The van der Waals surface area contributed by atoms with Crippen LogP contribution in [0.2, 0.25) is 0 Å². The van der Waals surface area contributed by atoms with Gasteiger partial charge in [-0.3, -0.25) is 0 Å². The predicted molar refractivity (Wildman–Crippen MR) is 91.2 cm³/mol. The molecule has 0 bridgehead atoms. The lowest BCUT2D eigenvalue weighted by Gasteiger charge is -1.93. The van der Waals surface area contributed by atoms with Crippen molar-refractivity contribution in [2.45, 2.75) is 10.4 Å². The molecule has 4 rings (SSSR count). The molecule has 2 aromatic carbocycles. The van der Waals surface area contributed by atoms with Gasteiger partial charge in [-0.2, -0.15) is 0 Å². The van der Waals surface area contributed by atoms with Crippen LogP contribution in [0, 0.1) is 0 Å². The fraction of sp³-hybridized carbons (Fsp3) is 0. The Hall–Kier alpha value is -2.58. The third-order valence-corrected chi connectivity index (χ3v) is 4.84. The van der Waals surface area contributed by atoms with Gasteiger partial charge in [-0.05, 0) is 24.3 Å². The second-order valence-electron chi connectivity index (χ2n) is 4.64. The van der Waals surface area contributed by atoms with E-state index in [1.165, 1.54) is 21.6 Å². The molecule has 0 aliphatic carbocycles. The van der Waals surface area contributed by atoms with Crippen LogP contribution in [0.25, 0.3) is 22.9 Å². The fourth-order valence-electron chi connectivity index (χ4n) is 1.95. The molecule has 0 saturated heterocycles. The summed E-state index contributed by atoms with van der Waals surface area (Å²) in [4.78, 5) is 0. The van der Waals surface area contributed by atoms with E-state index in [4.69, 9.17) is 8.83 Å². The van der Waals surface area contributed by atoms with Gasteiger partial charge in [-0.25, -0.2) is 0 Å². The summed E-state index contributed by atoms with van der Waals surface area (Å²) in [5.74, 6) is 0.961. The zero-order valence-electron chi connectivity index (χ0n) is 12.2. The fourth-order valence-corrected chi connectivity index (χ4v) is 3.30. The van der Waals surface area contributed by atoms with E-state index in [1.807, 2.05) is 60.7 Å². The van der Waals surface area contributed by atoms with E-state index in [0.717, 1.165) is 11.1 Å². The SMILES string of the molecule is c1ccc(-c2nnc(SSc3nnc(-c4ccccc4)o3)o2)cc1. The lowest BCUT2D eigenvalue weighted by Crippen LogP contribution is -1.75. The monoisotopic (exact) mass is 354 g/mol. The maximum Gasteiger partial charge on any atom is 0.288 e. The van der Waals surface area contributed by atoms with E-state index < -0.39 is 0 Å². The van der Waals surface area contributed by atoms with Crippen LogP contribution in [0.1, 0.15) is 0 Å². The minimum Gasteiger partial charge on any atom is -0.411 e. The molecule has 0 saturated carbocycles. The highest BCUT2D eigenvalue weighted by Crippen LogP contribution is 2.37. The number of hydrogen-bond donors (Lipinski definition) is 0. The molecule has 0 radical (unpaired) electrons. The van der Waals surface area contributed by atoms with E-state index in [-0.39, 0.29) is 0 Å². The zero-order valence-corrected chi connectivity index (χ0v) is 13.8. The molecule has 118 valence electrons. The molecule has 2 aromatic heterocycles. The summed E-state index contributed by atoms with van der Waals surface area (Å²) in [6.07, 6.45) is 0. The van der Waals surface area contributed by atoms with Crippen molar-refractivity contribution < 1.29 is 8.83 Å². The number of hydrogen-bond acceptors (Lipinski definition) is 8. The lowest BCUT2D eigenvalue weighted by molar-refractivity contribution is 0.464. The normalized spacial score (nSPS) is 10.8. The average Bonchev–Trinajstić information content (AvgIpc) is 3.31. The van der Waals surface area contributed by atoms with Gasteiger partial charge in [0.15, 0.2) is 0 Å². The van der Waals surface area contributed by atoms with Crippen LogP contribution in [0.5, 0.6) is 0 Å². The van der Waals surface area contributed by atoms with Gasteiger partial charge in [0.25, 0.3) is 10.4 Å². The Morgan fingerprint density at radius 3 is 1.38 bits per heavy atom. The predicted octanol–water partition coefficient (Wildman–Crippen LogP) is 4.59. The highest BCUT2D eigenvalue weighted by molar-refractivity contribution is 8.76. The Labute approximate surface area is 145 Å².